The highest BCUT2D eigenvalue weighted by atomic mass is 16.1. The molecule has 1 aliphatic rings. The van der Waals surface area contributed by atoms with E-state index in [0.29, 0.717) is 0 Å². The van der Waals surface area contributed by atoms with Crippen LogP contribution in [0.4, 0.5) is 0 Å². The summed E-state index contributed by atoms with van der Waals surface area (Å²) in [4.78, 5) is 27.2. The summed E-state index contributed by atoms with van der Waals surface area (Å²) in [6.45, 7) is 3.95. The second-order valence-electron chi connectivity index (χ2n) is 6.09. The summed E-state index contributed by atoms with van der Waals surface area (Å²) in [6.07, 6.45) is 8.03. The molecule has 0 radical (unpaired) electrons. The van der Waals surface area contributed by atoms with Crippen LogP contribution in [0.25, 0.3) is 5.69 Å². The molecule has 0 atom stereocenters. The van der Waals surface area contributed by atoms with E-state index >= 15 is 0 Å². The number of hydrogen-bond donors (Lipinski definition) is 0. The fourth-order valence-electron chi connectivity index (χ4n) is 2.99. The number of rotatable bonds is 4. The van der Waals surface area contributed by atoms with Gasteiger partial charge in [0.15, 0.2) is 0 Å². The van der Waals surface area contributed by atoms with Crippen molar-refractivity contribution in [3.8, 4) is 5.69 Å². The second kappa shape index (κ2) is 5.43. The minimum Gasteiger partial charge on any atom is -0.296 e. The molecule has 3 rings (SSSR count). The van der Waals surface area contributed by atoms with Crippen molar-refractivity contribution in [2.24, 2.45) is 4.99 Å². The fraction of sp³-hybridized carbons (Fsp3) is 0.412. The number of aliphatic imine (C=N–C) groups is 1. The average Bonchev–Trinajstić information content (AvgIpc) is 2.85. The normalized spacial score (nSPS) is 16.1. The van der Waals surface area contributed by atoms with Crippen LogP contribution in [-0.4, -0.2) is 15.2 Å². The zero-order valence-corrected chi connectivity index (χ0v) is 12.8. The molecule has 1 aromatic heterocycles. The van der Waals surface area contributed by atoms with Gasteiger partial charge in [-0.15, -0.1) is 0 Å². The highest BCUT2D eigenvalue weighted by Crippen LogP contribution is 2.44. The average molecular weight is 297 g/mol. The van der Waals surface area contributed by atoms with Gasteiger partial charge in [-0.05, 0) is 50.8 Å². The van der Waals surface area contributed by atoms with E-state index in [9.17, 15) is 9.59 Å². The Kier molecular flexibility index (Phi) is 3.59. The van der Waals surface area contributed by atoms with E-state index in [1.807, 2.05) is 38.1 Å². The van der Waals surface area contributed by atoms with Crippen LogP contribution >= 0.6 is 0 Å². The van der Waals surface area contributed by atoms with Crippen molar-refractivity contribution in [3.05, 3.63) is 52.7 Å². The fourth-order valence-corrected chi connectivity index (χ4v) is 2.99. The van der Waals surface area contributed by atoms with E-state index in [1.165, 1.54) is 0 Å². The molecule has 0 unspecified atom stereocenters. The third kappa shape index (κ3) is 2.24. The maximum atomic E-state index is 12.4. The van der Waals surface area contributed by atoms with Crippen molar-refractivity contribution in [3.63, 3.8) is 0 Å². The number of benzene rings is 1. The molecule has 0 N–H and O–H groups in total. The Labute approximate surface area is 128 Å². The van der Waals surface area contributed by atoms with Crippen molar-refractivity contribution < 1.29 is 4.79 Å². The minimum absolute atomic E-state index is 0.0614. The summed E-state index contributed by atoms with van der Waals surface area (Å²) >= 11 is 0. The van der Waals surface area contributed by atoms with Crippen LogP contribution in [0.3, 0.4) is 0 Å². The lowest BCUT2D eigenvalue weighted by Gasteiger charge is -2.37. The third-order valence-electron chi connectivity index (χ3n) is 4.46. The Morgan fingerprint density at radius 3 is 2.59 bits per heavy atom. The van der Waals surface area contributed by atoms with Crippen molar-refractivity contribution in [1.82, 2.24) is 9.13 Å². The standard InChI is InChI=1S/C17H19N3O2/c1-13(2)19-9-10-20(16(19)22)15-6-3-5-14(11-15)17(18-12-21)7-4-8-17/h3,5-6,9-11,13H,4,7-8H2,1-2H3. The smallest absolute Gasteiger partial charge is 0.296 e. The number of carbonyl (C=O) groups excluding carboxylic acids is 1. The quantitative estimate of drug-likeness (QED) is 0.643. The van der Waals surface area contributed by atoms with E-state index in [-0.39, 0.29) is 11.7 Å². The van der Waals surface area contributed by atoms with Crippen molar-refractivity contribution in [2.75, 3.05) is 0 Å². The first kappa shape index (κ1) is 14.5. The third-order valence-corrected chi connectivity index (χ3v) is 4.46. The molecule has 0 bridgehead atoms. The minimum atomic E-state index is -0.442. The summed E-state index contributed by atoms with van der Waals surface area (Å²) in [7, 11) is 0. The molecular formula is C17H19N3O2. The summed E-state index contributed by atoms with van der Waals surface area (Å²) in [6, 6.07) is 7.84. The molecular weight excluding hydrogens is 278 g/mol. The van der Waals surface area contributed by atoms with Crippen molar-refractivity contribution >= 4 is 6.08 Å². The summed E-state index contributed by atoms with van der Waals surface area (Å²) < 4.78 is 3.32. The van der Waals surface area contributed by atoms with E-state index in [4.69, 9.17) is 0 Å². The zero-order chi connectivity index (χ0) is 15.7. The molecule has 1 aromatic carbocycles. The molecule has 5 nitrogen and oxygen atoms in total. The first-order valence-corrected chi connectivity index (χ1v) is 7.57. The van der Waals surface area contributed by atoms with E-state index in [2.05, 4.69) is 4.99 Å². The van der Waals surface area contributed by atoms with Gasteiger partial charge in [0.1, 0.15) is 0 Å². The summed E-state index contributed by atoms with van der Waals surface area (Å²) in [5.41, 5.74) is 1.27. The van der Waals surface area contributed by atoms with Crippen LogP contribution in [-0.2, 0) is 10.3 Å². The molecule has 22 heavy (non-hydrogen) atoms. The molecule has 1 heterocycles. The Balaban J connectivity index is 2.05. The lowest BCUT2D eigenvalue weighted by Crippen LogP contribution is -2.32. The van der Waals surface area contributed by atoms with Gasteiger partial charge >= 0.3 is 5.69 Å². The van der Waals surface area contributed by atoms with Gasteiger partial charge in [-0.1, -0.05) is 12.1 Å². The first-order chi connectivity index (χ1) is 10.6. The molecule has 0 saturated heterocycles. The Morgan fingerprint density at radius 2 is 2.05 bits per heavy atom. The molecule has 0 spiro atoms. The van der Waals surface area contributed by atoms with Crippen molar-refractivity contribution in [2.45, 2.75) is 44.7 Å². The van der Waals surface area contributed by atoms with Crippen LogP contribution in [0.15, 0.2) is 46.4 Å². The number of aromatic nitrogens is 2. The lowest BCUT2D eigenvalue weighted by molar-refractivity contribution is 0.256. The Bertz CT molecular complexity index is 790. The largest absolute Gasteiger partial charge is 0.332 e. The summed E-state index contributed by atoms with van der Waals surface area (Å²) in [5, 5.41) is 0. The molecule has 0 aliphatic heterocycles. The molecule has 2 aromatic rings. The van der Waals surface area contributed by atoms with E-state index in [0.717, 1.165) is 30.5 Å². The lowest BCUT2D eigenvalue weighted by atomic mass is 9.72. The van der Waals surface area contributed by atoms with Gasteiger partial charge in [-0.25, -0.2) is 9.59 Å². The highest BCUT2D eigenvalue weighted by Gasteiger charge is 2.39. The molecule has 1 fully saturated rings. The number of hydrogen-bond acceptors (Lipinski definition) is 3. The topological polar surface area (TPSA) is 56.4 Å². The summed E-state index contributed by atoms with van der Waals surface area (Å²) in [5.74, 6) is 0. The maximum absolute atomic E-state index is 12.4. The van der Waals surface area contributed by atoms with Crippen LogP contribution in [0.5, 0.6) is 0 Å². The zero-order valence-electron chi connectivity index (χ0n) is 12.8. The first-order valence-electron chi connectivity index (χ1n) is 7.57. The van der Waals surface area contributed by atoms with Crippen LogP contribution in [0.2, 0.25) is 0 Å². The van der Waals surface area contributed by atoms with Gasteiger partial charge in [0.25, 0.3) is 0 Å². The second-order valence-corrected chi connectivity index (χ2v) is 6.09. The van der Waals surface area contributed by atoms with Gasteiger partial charge in [0.2, 0.25) is 6.08 Å². The van der Waals surface area contributed by atoms with Crippen LogP contribution < -0.4 is 5.69 Å². The molecule has 1 saturated carbocycles. The number of isocyanates is 1. The number of nitrogens with zero attached hydrogens (tertiary/aromatic N) is 3. The van der Waals surface area contributed by atoms with Crippen molar-refractivity contribution in [1.29, 1.82) is 0 Å². The SMILES string of the molecule is CC(C)n1ccn(-c2cccc(C3(N=C=O)CCC3)c2)c1=O. The molecule has 114 valence electrons. The van der Waals surface area contributed by atoms with Gasteiger partial charge in [0.05, 0.1) is 11.2 Å². The van der Waals surface area contributed by atoms with Crippen LogP contribution in [0.1, 0.15) is 44.7 Å². The van der Waals surface area contributed by atoms with Gasteiger partial charge in [-0.2, -0.15) is 4.99 Å². The number of imidazole rings is 1. The molecule has 5 heteroatoms. The predicted molar refractivity (Wildman–Crippen MR) is 84.1 cm³/mol. The Hall–Kier alpha value is -2.39. The monoisotopic (exact) mass is 297 g/mol. The molecule has 0 amide bonds. The van der Waals surface area contributed by atoms with Gasteiger partial charge < -0.3 is 0 Å². The van der Waals surface area contributed by atoms with E-state index in [1.54, 1.807) is 27.6 Å². The van der Waals surface area contributed by atoms with Gasteiger partial charge in [0, 0.05) is 18.4 Å². The van der Waals surface area contributed by atoms with Crippen LogP contribution in [0, 0.1) is 0 Å². The van der Waals surface area contributed by atoms with E-state index < -0.39 is 5.54 Å². The highest BCUT2D eigenvalue weighted by molar-refractivity contribution is 5.44. The maximum Gasteiger partial charge on any atom is 0.332 e. The predicted octanol–water partition coefficient (Wildman–Crippen LogP) is 2.93. The molecule has 1 aliphatic carbocycles. The van der Waals surface area contributed by atoms with Gasteiger partial charge in [-0.3, -0.25) is 9.13 Å². The Morgan fingerprint density at radius 1 is 1.27 bits per heavy atom.